The molecule has 3 aromatic heterocycles. The Morgan fingerprint density at radius 2 is 1.77 bits per heavy atom. The molecule has 11 nitrogen and oxygen atoms in total. The molecule has 1 aliphatic rings. The summed E-state index contributed by atoms with van der Waals surface area (Å²) in [6, 6.07) is 16.2. The van der Waals surface area contributed by atoms with Gasteiger partial charge in [-0.05, 0) is 43.3 Å². The number of likely N-dealkylation sites (N-methyl/N-ethyl adjacent to an activating group) is 1. The first-order valence-corrected chi connectivity index (χ1v) is 17.1. The maximum Gasteiger partial charge on any atom is 0.223 e. The van der Waals surface area contributed by atoms with E-state index in [1.165, 1.54) is 18.3 Å². The lowest BCUT2D eigenvalue weighted by molar-refractivity contribution is -0.114. The number of hydrogen-bond donors (Lipinski definition) is 4. The van der Waals surface area contributed by atoms with Crippen molar-refractivity contribution in [1.82, 2.24) is 29.7 Å². The van der Waals surface area contributed by atoms with Crippen molar-refractivity contribution in [2.45, 2.75) is 39.7 Å². The molecule has 1 amide bonds. The molecule has 1 aliphatic heterocycles. The molecule has 1 fully saturated rings. The number of hydrogen-bond acceptors (Lipinski definition) is 11. The number of amides is 1. The highest BCUT2D eigenvalue weighted by atomic mass is 32.1. The van der Waals surface area contributed by atoms with E-state index in [-0.39, 0.29) is 5.91 Å². The van der Waals surface area contributed by atoms with Gasteiger partial charge in [-0.2, -0.15) is 0 Å². The average Bonchev–Trinajstić information content (AvgIpc) is 3.47. The molecule has 6 rings (SSSR count). The number of aromatic nitrogens is 4. The van der Waals surface area contributed by atoms with Crippen LogP contribution in [0.4, 0.5) is 16.8 Å². The van der Waals surface area contributed by atoms with Gasteiger partial charge in [0.15, 0.2) is 5.13 Å². The number of unbranched alkanes of at least 4 members (excludes halogenated alkanes) is 1. The summed E-state index contributed by atoms with van der Waals surface area (Å²) in [6.07, 6.45) is 4.43. The van der Waals surface area contributed by atoms with Crippen LogP contribution in [0.2, 0.25) is 0 Å². The second-order valence-corrected chi connectivity index (χ2v) is 13.0. The number of piperazine rings is 1. The topological polar surface area (TPSA) is 135 Å². The lowest BCUT2D eigenvalue weighted by atomic mass is 10.0. The van der Waals surface area contributed by atoms with Crippen molar-refractivity contribution in [2.75, 3.05) is 62.3 Å². The van der Waals surface area contributed by atoms with E-state index in [4.69, 9.17) is 4.98 Å². The quantitative estimate of drug-likeness (QED) is 0.0946. The monoisotopic (exact) mass is 650 g/mol. The van der Waals surface area contributed by atoms with E-state index >= 15 is 0 Å². The fraction of sp³-hybridized carbons (Fsp3) is 0.371. The molecule has 12 heteroatoms. The fourth-order valence-corrected chi connectivity index (χ4v) is 6.74. The minimum absolute atomic E-state index is 0.166. The number of fused-ring (bicyclic) bond motifs is 2. The molecule has 0 aliphatic carbocycles. The van der Waals surface area contributed by atoms with Crippen molar-refractivity contribution < 1.29 is 4.79 Å². The van der Waals surface area contributed by atoms with Crippen LogP contribution in [0.15, 0.2) is 54.9 Å². The van der Waals surface area contributed by atoms with E-state index in [1.807, 2.05) is 30.3 Å². The second-order valence-electron chi connectivity index (χ2n) is 12.0. The predicted molar refractivity (Wildman–Crippen MR) is 192 cm³/mol. The Morgan fingerprint density at radius 3 is 2.55 bits per heavy atom. The van der Waals surface area contributed by atoms with Gasteiger partial charge in [-0.1, -0.05) is 48.9 Å². The molecule has 0 saturated carbocycles. The highest BCUT2D eigenvalue weighted by molar-refractivity contribution is 7.22. The highest BCUT2D eigenvalue weighted by Crippen LogP contribution is 2.30. The Balaban J connectivity index is 1.30. The van der Waals surface area contributed by atoms with Gasteiger partial charge in [0, 0.05) is 75.8 Å². The number of nitrogens with zero attached hydrogens (tertiary/aromatic N) is 6. The zero-order chi connectivity index (χ0) is 32.8. The molecule has 4 heterocycles. The number of anilines is 3. The summed E-state index contributed by atoms with van der Waals surface area (Å²) in [5.74, 6) is 1.04. The van der Waals surface area contributed by atoms with Crippen LogP contribution in [0.25, 0.3) is 21.1 Å². The molecule has 4 N–H and O–H groups in total. The Kier molecular flexibility index (Phi) is 10.3. The fourth-order valence-electron chi connectivity index (χ4n) is 5.79. The molecule has 2 aromatic carbocycles. The summed E-state index contributed by atoms with van der Waals surface area (Å²) >= 11 is 1.39. The Hall–Kier alpha value is -4.52. The number of carbonyl (C=O) groups excluding carboxylic acids is 1. The van der Waals surface area contributed by atoms with Crippen molar-refractivity contribution in [3.63, 3.8) is 0 Å². The first kappa shape index (κ1) is 32.4. The first-order valence-electron chi connectivity index (χ1n) is 16.3. The van der Waals surface area contributed by atoms with E-state index in [1.54, 1.807) is 6.33 Å². The SMILES string of the molecule is CCCCNc1ncnc(NCc2cc3ccccc3nc2CCN2CCN(C)CC2)c1C(=N)c1ccc2nc(NC(C)=O)sc2c1. The van der Waals surface area contributed by atoms with Crippen molar-refractivity contribution in [3.05, 3.63) is 77.2 Å². The van der Waals surface area contributed by atoms with Crippen LogP contribution in [-0.2, 0) is 17.8 Å². The summed E-state index contributed by atoms with van der Waals surface area (Å²) in [5, 5.41) is 20.8. The molecule has 47 heavy (non-hydrogen) atoms. The van der Waals surface area contributed by atoms with Crippen LogP contribution in [0.5, 0.6) is 0 Å². The predicted octanol–water partition coefficient (Wildman–Crippen LogP) is 5.62. The maximum atomic E-state index is 11.6. The third-order valence-electron chi connectivity index (χ3n) is 8.48. The van der Waals surface area contributed by atoms with Gasteiger partial charge in [0.2, 0.25) is 5.91 Å². The number of benzene rings is 2. The van der Waals surface area contributed by atoms with Crippen LogP contribution in [0, 0.1) is 5.41 Å². The van der Waals surface area contributed by atoms with Gasteiger partial charge in [0.1, 0.15) is 18.0 Å². The number of nitrogens with one attached hydrogen (secondary N) is 4. The maximum absolute atomic E-state index is 11.6. The van der Waals surface area contributed by atoms with E-state index in [9.17, 15) is 10.2 Å². The molecular formula is C35H42N10OS. The van der Waals surface area contributed by atoms with Crippen LogP contribution in [0.3, 0.4) is 0 Å². The largest absolute Gasteiger partial charge is 0.369 e. The van der Waals surface area contributed by atoms with Gasteiger partial charge in [-0.15, -0.1) is 0 Å². The van der Waals surface area contributed by atoms with E-state index < -0.39 is 0 Å². The molecular weight excluding hydrogens is 609 g/mol. The third-order valence-corrected chi connectivity index (χ3v) is 9.41. The lowest BCUT2D eigenvalue weighted by Gasteiger charge is -2.32. The molecule has 0 radical (unpaired) electrons. The van der Waals surface area contributed by atoms with Crippen molar-refractivity contribution >= 4 is 60.8 Å². The summed E-state index contributed by atoms with van der Waals surface area (Å²) in [6.45, 7) is 10.1. The molecule has 0 bridgehead atoms. The number of thiazole rings is 1. The van der Waals surface area contributed by atoms with Crippen LogP contribution >= 0.6 is 11.3 Å². The van der Waals surface area contributed by atoms with Crippen LogP contribution < -0.4 is 16.0 Å². The summed E-state index contributed by atoms with van der Waals surface area (Å²) in [7, 11) is 2.18. The van der Waals surface area contributed by atoms with E-state index in [0.717, 1.165) is 90.9 Å². The number of para-hydroxylation sites is 1. The van der Waals surface area contributed by atoms with Gasteiger partial charge in [-0.25, -0.2) is 15.0 Å². The van der Waals surface area contributed by atoms with Gasteiger partial charge < -0.3 is 25.8 Å². The molecule has 5 aromatic rings. The minimum atomic E-state index is -0.166. The van der Waals surface area contributed by atoms with Gasteiger partial charge in [0.25, 0.3) is 0 Å². The van der Waals surface area contributed by atoms with Gasteiger partial charge in [0.05, 0.1) is 27.0 Å². The molecule has 0 unspecified atom stereocenters. The Bertz CT molecular complexity index is 1880. The smallest absolute Gasteiger partial charge is 0.223 e. The normalized spacial score (nSPS) is 14.0. The molecule has 1 saturated heterocycles. The lowest BCUT2D eigenvalue weighted by Crippen LogP contribution is -2.45. The third kappa shape index (κ3) is 7.90. The van der Waals surface area contributed by atoms with E-state index in [2.05, 4.69) is 72.9 Å². The van der Waals surface area contributed by atoms with Crippen LogP contribution in [-0.4, -0.2) is 87.7 Å². The van der Waals surface area contributed by atoms with Crippen LogP contribution in [0.1, 0.15) is 49.1 Å². The standard InChI is InChI=1S/C35H42N10OS/c1-4-5-13-37-33-31(32(36)25-10-11-29-30(20-25)47-35(43-29)41-23(2)46)34(40-22-39-33)38-21-26-19-24-8-6-7-9-27(24)42-28(26)12-14-45-17-15-44(3)16-18-45/h6-11,19-20,22,36H,4-5,12-18,21H2,1-3H3,(H,41,43,46)(H2,37,38,39,40). The Morgan fingerprint density at radius 1 is 0.979 bits per heavy atom. The molecule has 244 valence electrons. The number of carbonyl (C=O) groups is 1. The zero-order valence-corrected chi connectivity index (χ0v) is 28.1. The van der Waals surface area contributed by atoms with E-state index in [0.29, 0.717) is 40.2 Å². The zero-order valence-electron chi connectivity index (χ0n) is 27.3. The molecule has 0 atom stereocenters. The summed E-state index contributed by atoms with van der Waals surface area (Å²) < 4.78 is 0.884. The van der Waals surface area contributed by atoms with Crippen molar-refractivity contribution in [3.8, 4) is 0 Å². The first-order chi connectivity index (χ1) is 22.9. The molecule has 0 spiro atoms. The number of pyridine rings is 1. The second kappa shape index (κ2) is 14.9. The minimum Gasteiger partial charge on any atom is -0.369 e. The van der Waals surface area contributed by atoms with Crippen molar-refractivity contribution in [1.29, 1.82) is 5.41 Å². The highest BCUT2D eigenvalue weighted by Gasteiger charge is 2.20. The van der Waals surface area contributed by atoms with Gasteiger partial charge >= 0.3 is 0 Å². The van der Waals surface area contributed by atoms with Gasteiger partial charge in [-0.3, -0.25) is 15.2 Å². The Labute approximate surface area is 279 Å². The average molecular weight is 651 g/mol. The summed E-state index contributed by atoms with van der Waals surface area (Å²) in [5.41, 5.74) is 5.59. The summed E-state index contributed by atoms with van der Waals surface area (Å²) in [4.78, 5) is 35.3. The van der Waals surface area contributed by atoms with Crippen molar-refractivity contribution in [2.24, 2.45) is 0 Å². The number of rotatable bonds is 13.